The molecule has 3 rings (SSSR count). The maximum Gasteiger partial charge on any atom is 0.341 e. The van der Waals surface area contributed by atoms with Crippen LogP contribution in [0.1, 0.15) is 42.5 Å². The molecule has 34 heavy (non-hydrogen) atoms. The fourth-order valence-corrected chi connectivity index (χ4v) is 4.87. The Bertz CT molecular complexity index is 1250. The highest BCUT2D eigenvalue weighted by Crippen LogP contribution is 2.33. The van der Waals surface area contributed by atoms with Crippen LogP contribution in [0.4, 0.5) is 5.00 Å². The molecule has 0 saturated heterocycles. The van der Waals surface area contributed by atoms with Crippen molar-refractivity contribution in [2.45, 2.75) is 32.5 Å². The smallest absolute Gasteiger partial charge is 0.341 e. The van der Waals surface area contributed by atoms with E-state index in [4.69, 9.17) is 15.2 Å². The summed E-state index contributed by atoms with van der Waals surface area (Å²) >= 11 is 2.11. The number of amides is 2. The van der Waals surface area contributed by atoms with Crippen LogP contribution in [0.25, 0.3) is 0 Å². The number of nitrogens with zero attached hydrogens (tertiary/aromatic N) is 3. The molecule has 0 aliphatic rings. The zero-order valence-electron chi connectivity index (χ0n) is 19.4. The highest BCUT2D eigenvalue weighted by Gasteiger charge is 2.25. The summed E-state index contributed by atoms with van der Waals surface area (Å²) in [6.45, 7) is 5.77. The molecule has 0 unspecified atom stereocenters. The summed E-state index contributed by atoms with van der Waals surface area (Å²) in [6.07, 6.45) is 0. The van der Waals surface area contributed by atoms with Crippen LogP contribution < -0.4 is 15.8 Å². The van der Waals surface area contributed by atoms with Crippen LogP contribution in [0.15, 0.2) is 23.4 Å². The van der Waals surface area contributed by atoms with E-state index in [1.165, 1.54) is 18.9 Å². The van der Waals surface area contributed by atoms with Crippen molar-refractivity contribution in [2.75, 3.05) is 18.2 Å². The van der Waals surface area contributed by atoms with Crippen LogP contribution in [0.2, 0.25) is 0 Å². The first-order chi connectivity index (χ1) is 16.1. The molecule has 3 aromatic rings. The van der Waals surface area contributed by atoms with Gasteiger partial charge in [0.15, 0.2) is 11.0 Å². The average molecular weight is 504 g/mol. The summed E-state index contributed by atoms with van der Waals surface area (Å²) in [6, 6.07) is 5.98. The summed E-state index contributed by atoms with van der Waals surface area (Å²) in [5.74, 6) is -0.337. The molecule has 10 nitrogen and oxygen atoms in total. The Kier molecular flexibility index (Phi) is 7.94. The average Bonchev–Trinajstić information content (AvgIpc) is 3.31. The molecule has 3 N–H and O–H groups in total. The summed E-state index contributed by atoms with van der Waals surface area (Å²) < 4.78 is 12.4. The lowest BCUT2D eigenvalue weighted by Gasteiger charge is -2.10. The minimum atomic E-state index is -0.683. The van der Waals surface area contributed by atoms with Crippen molar-refractivity contribution in [3.05, 3.63) is 51.2 Å². The molecule has 0 aliphatic heterocycles. The Morgan fingerprint density at radius 3 is 2.62 bits per heavy atom. The van der Waals surface area contributed by atoms with Crippen molar-refractivity contribution in [1.29, 1.82) is 0 Å². The second kappa shape index (κ2) is 10.7. The SMILES string of the molecule is COC(=O)c1c(NC(=O)CSc2nnc(COc3cc(C)ccc3C)n2C)sc(C(N)=O)c1C. The predicted octanol–water partition coefficient (Wildman–Crippen LogP) is 3.00. The Morgan fingerprint density at radius 1 is 1.21 bits per heavy atom. The third kappa shape index (κ3) is 5.57. The molecule has 0 fully saturated rings. The first-order valence-corrected chi connectivity index (χ1v) is 11.9. The number of thioether (sulfide) groups is 1. The van der Waals surface area contributed by atoms with Gasteiger partial charge in [0.25, 0.3) is 5.91 Å². The number of nitrogens with one attached hydrogen (secondary N) is 1. The molecule has 0 bridgehead atoms. The first-order valence-electron chi connectivity index (χ1n) is 10.1. The normalized spacial score (nSPS) is 10.7. The highest BCUT2D eigenvalue weighted by molar-refractivity contribution is 7.99. The van der Waals surface area contributed by atoms with Crippen LogP contribution in [-0.2, 0) is 23.2 Å². The molecule has 0 aliphatic carbocycles. The quantitative estimate of drug-likeness (QED) is 0.336. The van der Waals surface area contributed by atoms with Gasteiger partial charge in [-0.05, 0) is 43.5 Å². The van der Waals surface area contributed by atoms with E-state index in [2.05, 4.69) is 15.5 Å². The van der Waals surface area contributed by atoms with Gasteiger partial charge in [0.2, 0.25) is 5.91 Å². The number of hydrogen-bond acceptors (Lipinski definition) is 9. The number of anilines is 1. The standard InChI is InChI=1S/C22H25N5O5S2/c1-11-6-7-12(2)14(8-11)32-9-15-25-26-22(27(15)4)33-10-16(28)24-20-17(21(30)31-5)13(3)18(34-20)19(23)29/h6-8H,9-10H2,1-5H3,(H2,23,29)(H,24,28). The lowest BCUT2D eigenvalue weighted by atomic mass is 10.1. The van der Waals surface area contributed by atoms with Gasteiger partial charge in [-0.2, -0.15) is 0 Å². The number of ether oxygens (including phenoxy) is 2. The highest BCUT2D eigenvalue weighted by atomic mass is 32.2. The monoisotopic (exact) mass is 503 g/mol. The Hall–Kier alpha value is -3.38. The Morgan fingerprint density at radius 2 is 1.94 bits per heavy atom. The van der Waals surface area contributed by atoms with E-state index in [-0.39, 0.29) is 33.7 Å². The van der Waals surface area contributed by atoms with Crippen LogP contribution in [0, 0.1) is 20.8 Å². The zero-order chi connectivity index (χ0) is 25.0. The minimum absolute atomic E-state index is 0.00723. The number of esters is 1. The van der Waals surface area contributed by atoms with E-state index in [0.717, 1.165) is 28.2 Å². The van der Waals surface area contributed by atoms with Crippen molar-refractivity contribution in [1.82, 2.24) is 14.8 Å². The molecule has 2 heterocycles. The van der Waals surface area contributed by atoms with E-state index in [9.17, 15) is 14.4 Å². The maximum absolute atomic E-state index is 12.6. The molecule has 12 heteroatoms. The maximum atomic E-state index is 12.6. The van der Waals surface area contributed by atoms with E-state index in [1.54, 1.807) is 18.5 Å². The van der Waals surface area contributed by atoms with Gasteiger partial charge in [-0.15, -0.1) is 21.5 Å². The van der Waals surface area contributed by atoms with Gasteiger partial charge in [-0.25, -0.2) is 4.79 Å². The summed E-state index contributed by atoms with van der Waals surface area (Å²) in [5.41, 5.74) is 7.98. The summed E-state index contributed by atoms with van der Waals surface area (Å²) in [7, 11) is 3.01. The molecule has 2 aromatic heterocycles. The number of rotatable bonds is 9. The van der Waals surface area contributed by atoms with E-state index < -0.39 is 11.9 Å². The number of aromatic nitrogens is 3. The Labute approximate surface area is 204 Å². The van der Waals surface area contributed by atoms with E-state index >= 15 is 0 Å². The number of nitrogens with two attached hydrogens (primary N) is 1. The number of thiophene rings is 1. The molecule has 1 aromatic carbocycles. The Balaban J connectivity index is 1.64. The fourth-order valence-electron chi connectivity index (χ4n) is 3.08. The molecule has 2 amide bonds. The molecule has 0 radical (unpaired) electrons. The predicted molar refractivity (Wildman–Crippen MR) is 130 cm³/mol. The third-order valence-corrected chi connectivity index (χ3v) is 7.21. The largest absolute Gasteiger partial charge is 0.485 e. The van der Waals surface area contributed by atoms with E-state index in [1.807, 2.05) is 32.0 Å². The van der Waals surface area contributed by atoms with Crippen LogP contribution >= 0.6 is 23.1 Å². The van der Waals surface area contributed by atoms with Crippen molar-refractivity contribution >= 4 is 45.9 Å². The topological polar surface area (TPSA) is 138 Å². The number of primary amides is 1. The van der Waals surface area contributed by atoms with Gasteiger partial charge in [0.05, 0.1) is 23.3 Å². The second-order valence-corrected chi connectivity index (χ2v) is 9.43. The number of benzene rings is 1. The lowest BCUT2D eigenvalue weighted by molar-refractivity contribution is -0.113. The van der Waals surface area contributed by atoms with Gasteiger partial charge in [0.1, 0.15) is 17.4 Å². The molecule has 0 saturated carbocycles. The van der Waals surface area contributed by atoms with Crippen LogP contribution in [-0.4, -0.2) is 45.4 Å². The number of carbonyl (C=O) groups is 3. The second-order valence-electron chi connectivity index (χ2n) is 7.47. The van der Waals surface area contributed by atoms with Crippen molar-refractivity contribution in [3.8, 4) is 5.75 Å². The molecule has 0 atom stereocenters. The molecular weight excluding hydrogens is 478 g/mol. The zero-order valence-corrected chi connectivity index (χ0v) is 21.1. The third-order valence-electron chi connectivity index (χ3n) is 4.97. The van der Waals surface area contributed by atoms with Crippen LogP contribution in [0.3, 0.4) is 0 Å². The summed E-state index contributed by atoms with van der Waals surface area (Å²) in [5, 5.41) is 11.7. The van der Waals surface area contributed by atoms with Crippen molar-refractivity contribution in [2.24, 2.45) is 12.8 Å². The van der Waals surface area contributed by atoms with Crippen molar-refractivity contribution in [3.63, 3.8) is 0 Å². The fraction of sp³-hybridized carbons (Fsp3) is 0.318. The van der Waals surface area contributed by atoms with Gasteiger partial charge in [0, 0.05) is 7.05 Å². The molecule has 180 valence electrons. The number of carbonyl (C=O) groups excluding carboxylic acids is 3. The first kappa shape index (κ1) is 25.2. The van der Waals surface area contributed by atoms with Gasteiger partial charge >= 0.3 is 5.97 Å². The van der Waals surface area contributed by atoms with Gasteiger partial charge in [-0.3, -0.25) is 9.59 Å². The van der Waals surface area contributed by atoms with Crippen LogP contribution in [0.5, 0.6) is 5.75 Å². The number of hydrogen-bond donors (Lipinski definition) is 2. The summed E-state index contributed by atoms with van der Waals surface area (Å²) in [4.78, 5) is 36.5. The van der Waals surface area contributed by atoms with E-state index in [0.29, 0.717) is 16.5 Å². The van der Waals surface area contributed by atoms with Gasteiger partial charge in [-0.1, -0.05) is 23.9 Å². The number of methoxy groups -OCH3 is 1. The molecule has 0 spiro atoms. The minimum Gasteiger partial charge on any atom is -0.485 e. The lowest BCUT2D eigenvalue weighted by Crippen LogP contribution is -2.16. The number of aryl methyl sites for hydroxylation is 2. The van der Waals surface area contributed by atoms with Crippen molar-refractivity contribution < 1.29 is 23.9 Å². The van der Waals surface area contributed by atoms with Gasteiger partial charge < -0.3 is 25.1 Å². The molecular formula is C22H25N5O5S2.